The zero-order chi connectivity index (χ0) is 33.3. The number of amides is 1. The van der Waals surface area contributed by atoms with Gasteiger partial charge in [-0.2, -0.15) is 26.3 Å². The first kappa shape index (κ1) is 32.2. The molecule has 5 rings (SSSR count). The highest BCUT2D eigenvalue weighted by Crippen LogP contribution is 2.56. The lowest BCUT2D eigenvalue weighted by atomic mass is 9.76. The average molecular weight is 664 g/mol. The number of rotatable bonds is 5. The third-order valence-electron chi connectivity index (χ3n) is 8.40. The molecule has 2 atom stereocenters. The van der Waals surface area contributed by atoms with Crippen molar-refractivity contribution in [3.05, 3.63) is 94.3 Å². The number of nitrogens with zero attached hydrogens (tertiary/aromatic N) is 1. The number of hydrogen-bond acceptors (Lipinski definition) is 5. The quantitative estimate of drug-likeness (QED) is 0.254. The van der Waals surface area contributed by atoms with Crippen LogP contribution in [0.15, 0.2) is 65.6 Å². The van der Waals surface area contributed by atoms with Crippen LogP contribution in [0.4, 0.5) is 35.1 Å². The molecule has 0 saturated carbocycles. The van der Waals surface area contributed by atoms with Gasteiger partial charge in [0, 0.05) is 17.7 Å². The SMILES string of the molecule is O=C(O)c1cc(C(=O)N2CC[C@]3(S(=O)(=O)c4ccc(F)cc4)c4ccc(C(F)(C(F)(F)F)C(F)(F)F)cc4CC[C@H]23)ccc1O. The van der Waals surface area contributed by atoms with Crippen molar-refractivity contribution in [2.24, 2.45) is 0 Å². The van der Waals surface area contributed by atoms with E-state index in [2.05, 4.69) is 0 Å². The highest BCUT2D eigenvalue weighted by atomic mass is 32.2. The molecule has 2 aliphatic rings. The van der Waals surface area contributed by atoms with Gasteiger partial charge in [0.15, 0.2) is 9.84 Å². The lowest BCUT2D eigenvalue weighted by Gasteiger charge is -2.43. The van der Waals surface area contributed by atoms with Crippen LogP contribution >= 0.6 is 0 Å². The van der Waals surface area contributed by atoms with Gasteiger partial charge in [0.05, 0.1) is 10.9 Å². The monoisotopic (exact) mass is 663 g/mol. The number of benzene rings is 3. The number of alkyl halides is 7. The maximum absolute atomic E-state index is 15.0. The number of aromatic carboxylic acids is 1. The first-order chi connectivity index (χ1) is 20.8. The molecule has 1 aliphatic carbocycles. The molecule has 0 bridgehead atoms. The van der Waals surface area contributed by atoms with Crippen molar-refractivity contribution in [2.75, 3.05) is 6.54 Å². The van der Waals surface area contributed by atoms with Crippen LogP contribution in [0.1, 0.15) is 50.2 Å². The van der Waals surface area contributed by atoms with Gasteiger partial charge in [0.1, 0.15) is 21.9 Å². The van der Waals surface area contributed by atoms with Crippen molar-refractivity contribution in [1.29, 1.82) is 0 Å². The summed E-state index contributed by atoms with van der Waals surface area (Å²) in [5, 5.41) is 19.2. The van der Waals surface area contributed by atoms with Crippen LogP contribution in [-0.2, 0) is 26.7 Å². The van der Waals surface area contributed by atoms with Gasteiger partial charge in [-0.25, -0.2) is 22.0 Å². The summed E-state index contributed by atoms with van der Waals surface area (Å²) in [7, 11) is -4.71. The Kier molecular flexibility index (Phi) is 7.46. The fourth-order valence-corrected chi connectivity index (χ4v) is 8.67. The zero-order valence-corrected chi connectivity index (χ0v) is 23.4. The lowest BCUT2D eigenvalue weighted by molar-refractivity contribution is -0.348. The van der Waals surface area contributed by atoms with E-state index >= 15 is 0 Å². The second-order valence-corrected chi connectivity index (χ2v) is 12.9. The van der Waals surface area contributed by atoms with Crippen LogP contribution in [0.2, 0.25) is 0 Å². The number of sulfone groups is 1. The Bertz CT molecular complexity index is 1790. The number of carboxylic acids is 1. The molecule has 0 radical (unpaired) electrons. The molecule has 3 aromatic carbocycles. The Labute approximate surface area is 249 Å². The number of fused-ring (bicyclic) bond motifs is 3. The minimum absolute atomic E-state index is 0.216. The molecule has 0 spiro atoms. The van der Waals surface area contributed by atoms with Crippen LogP contribution in [0.3, 0.4) is 0 Å². The van der Waals surface area contributed by atoms with Gasteiger partial charge in [0.2, 0.25) is 0 Å². The molecule has 1 amide bonds. The molecule has 1 aliphatic heterocycles. The number of carbonyl (C=O) groups is 2. The highest BCUT2D eigenvalue weighted by Gasteiger charge is 2.73. The Hall–Kier alpha value is -4.21. The summed E-state index contributed by atoms with van der Waals surface area (Å²) in [6.07, 6.45) is -13.9. The fraction of sp³-hybridized carbons (Fsp3) is 0.310. The van der Waals surface area contributed by atoms with E-state index in [1.165, 1.54) is 0 Å². The number of carbonyl (C=O) groups excluding carboxylic acids is 1. The summed E-state index contributed by atoms with van der Waals surface area (Å²) < 4.78 is 136. The summed E-state index contributed by atoms with van der Waals surface area (Å²) in [6, 6.07) is 6.34. The van der Waals surface area contributed by atoms with E-state index in [4.69, 9.17) is 0 Å². The maximum atomic E-state index is 15.0. The molecule has 0 aromatic heterocycles. The number of aryl methyl sites for hydroxylation is 1. The van der Waals surface area contributed by atoms with Gasteiger partial charge in [-0.3, -0.25) is 4.79 Å². The van der Waals surface area contributed by atoms with Crippen LogP contribution in [0.25, 0.3) is 0 Å². The van der Waals surface area contributed by atoms with Crippen LogP contribution < -0.4 is 0 Å². The van der Waals surface area contributed by atoms with Crippen molar-refractivity contribution < 1.29 is 63.3 Å². The molecule has 240 valence electrons. The van der Waals surface area contributed by atoms with Crippen molar-refractivity contribution in [1.82, 2.24) is 4.90 Å². The normalized spacial score (nSPS) is 20.4. The van der Waals surface area contributed by atoms with Gasteiger partial charge in [-0.1, -0.05) is 18.2 Å². The second-order valence-electron chi connectivity index (χ2n) is 10.7. The van der Waals surface area contributed by atoms with E-state index < -0.39 is 84.5 Å². The van der Waals surface area contributed by atoms with Gasteiger partial charge in [0.25, 0.3) is 5.91 Å². The number of phenols is 1. The Balaban J connectivity index is 1.70. The van der Waals surface area contributed by atoms with Crippen LogP contribution in [-0.4, -0.2) is 60.3 Å². The lowest BCUT2D eigenvalue weighted by Crippen LogP contribution is -2.53. The number of carboxylic acid groups (broad SMARTS) is 1. The Morgan fingerprint density at radius 2 is 1.51 bits per heavy atom. The summed E-state index contributed by atoms with van der Waals surface area (Å²) in [5.74, 6) is -3.89. The smallest absolute Gasteiger partial charge is 0.435 e. The van der Waals surface area contributed by atoms with E-state index in [0.29, 0.717) is 12.1 Å². The van der Waals surface area contributed by atoms with Crippen molar-refractivity contribution in [3.8, 4) is 5.75 Å². The van der Waals surface area contributed by atoms with Crippen LogP contribution in [0.5, 0.6) is 5.75 Å². The minimum atomic E-state index is -6.41. The van der Waals surface area contributed by atoms with Gasteiger partial charge in [-0.05, 0) is 72.9 Å². The maximum Gasteiger partial charge on any atom is 0.435 e. The summed E-state index contributed by atoms with van der Waals surface area (Å²) in [5.41, 5.74) is -9.03. The van der Waals surface area contributed by atoms with E-state index in [-0.39, 0.29) is 42.1 Å². The number of aromatic hydroxyl groups is 1. The zero-order valence-electron chi connectivity index (χ0n) is 22.6. The molecule has 16 heteroatoms. The largest absolute Gasteiger partial charge is 0.507 e. The van der Waals surface area contributed by atoms with Gasteiger partial charge in [-0.15, -0.1) is 0 Å². The molecule has 1 saturated heterocycles. The number of hydrogen-bond donors (Lipinski definition) is 2. The van der Waals surface area contributed by atoms with Gasteiger partial charge < -0.3 is 15.1 Å². The Morgan fingerprint density at radius 3 is 2.09 bits per heavy atom. The predicted octanol–water partition coefficient (Wildman–Crippen LogP) is 6.05. The van der Waals surface area contributed by atoms with E-state index in [9.17, 15) is 63.3 Å². The molecule has 45 heavy (non-hydrogen) atoms. The molecular formula is C29H21F8NO6S. The second kappa shape index (κ2) is 10.4. The van der Waals surface area contributed by atoms with E-state index in [1.54, 1.807) is 0 Å². The molecular weight excluding hydrogens is 642 g/mol. The summed E-state index contributed by atoms with van der Waals surface area (Å²) >= 11 is 0. The molecule has 1 heterocycles. The molecule has 1 fully saturated rings. The van der Waals surface area contributed by atoms with Crippen LogP contribution in [0, 0.1) is 5.82 Å². The first-order valence-corrected chi connectivity index (χ1v) is 14.6. The average Bonchev–Trinajstić information content (AvgIpc) is 3.37. The standard InChI is InChI=1S/C29H21F8NO6S/c30-18-4-6-19(7-5-18)45(43,44)26-11-12-38(24(40)16-1-9-22(39)20(14-16)25(41)42)23(26)10-2-15-13-17(3-8-21(15)26)27(31,28(32,33)34)29(35,36)37/h1,3-9,13-14,23,39H,2,10-12H2,(H,41,42)/t23-,26-/m0/s1. The van der Waals surface area contributed by atoms with Crippen molar-refractivity contribution >= 4 is 21.7 Å². The summed E-state index contributed by atoms with van der Waals surface area (Å²) in [4.78, 5) is 25.8. The molecule has 3 aromatic rings. The predicted molar refractivity (Wildman–Crippen MR) is 139 cm³/mol. The molecule has 7 nitrogen and oxygen atoms in total. The van der Waals surface area contributed by atoms with Crippen molar-refractivity contribution in [3.63, 3.8) is 0 Å². The molecule has 2 N–H and O–H groups in total. The minimum Gasteiger partial charge on any atom is -0.507 e. The highest BCUT2D eigenvalue weighted by molar-refractivity contribution is 7.92. The topological polar surface area (TPSA) is 112 Å². The number of halogens is 8. The third-order valence-corrected chi connectivity index (χ3v) is 11.0. The summed E-state index contributed by atoms with van der Waals surface area (Å²) in [6.45, 7) is -0.313. The fourth-order valence-electron chi connectivity index (χ4n) is 6.30. The van der Waals surface area contributed by atoms with E-state index in [1.807, 2.05) is 0 Å². The Morgan fingerprint density at radius 1 is 0.889 bits per heavy atom. The third kappa shape index (κ3) is 4.71. The first-order valence-electron chi connectivity index (χ1n) is 13.1. The molecule has 0 unspecified atom stereocenters. The van der Waals surface area contributed by atoms with E-state index in [0.717, 1.165) is 47.4 Å². The number of likely N-dealkylation sites (tertiary alicyclic amines) is 1. The van der Waals surface area contributed by atoms with Crippen molar-refractivity contribution in [2.45, 2.75) is 53.0 Å². The van der Waals surface area contributed by atoms with Gasteiger partial charge >= 0.3 is 24.0 Å².